The molecule has 14 radical (unpaired) electrons. The number of aryl methyl sites for hydroxylation is 1. The molecule has 17 heteroatoms. The first-order valence-electron chi connectivity index (χ1n) is 12.6. The second-order valence-corrected chi connectivity index (χ2v) is 11.1. The van der Waals surface area contributed by atoms with Crippen LogP contribution >= 0.6 is 11.6 Å². The Kier molecular flexibility index (Phi) is 7.55. The number of halogens is 2. The summed E-state index contributed by atoms with van der Waals surface area (Å²) in [5.41, 5.74) is -1.44. The lowest BCUT2D eigenvalue weighted by molar-refractivity contribution is 0.317. The molecule has 3 heterocycles. The molecule has 1 aromatic carbocycles. The molecule has 1 N–H and O–H groups in total. The van der Waals surface area contributed by atoms with Crippen LogP contribution in [0.4, 0.5) is 16.2 Å². The highest BCUT2D eigenvalue weighted by molar-refractivity contribution is 6.68. The third-order valence-corrected chi connectivity index (χ3v) is 7.74. The highest BCUT2D eigenvalue weighted by Gasteiger charge is 2.48. The van der Waals surface area contributed by atoms with Crippen LogP contribution in [-0.4, -0.2) is 98.8 Å². The third kappa shape index (κ3) is 5.40. The molecule has 188 valence electrons. The number of ether oxygens (including phenoxy) is 1. The maximum Gasteiger partial charge on any atom is 0.321 e. The van der Waals surface area contributed by atoms with Gasteiger partial charge in [-0.25, -0.2) is 19.0 Å². The van der Waals surface area contributed by atoms with Crippen molar-refractivity contribution in [1.82, 2.24) is 24.7 Å². The standard InChI is InChI=1S/C23H20B7ClFN7O/c1-11-4-17(34-10-33-11)38-8-12-2-3-13(9-38)18(12)35-19-36-20(40-16-6-14(31)5-15(32)7-16)39(37-19)21(24,22(25,26)27)23(28,29)30/h4-7,10,12-13,18H,2-3,8-9H2,1H3,(H,35,37)/t12-,13+,18?. The van der Waals surface area contributed by atoms with E-state index < -0.39 is 21.5 Å². The predicted octanol–water partition coefficient (Wildman–Crippen LogP) is 1.27. The summed E-state index contributed by atoms with van der Waals surface area (Å²) in [5, 5.41) is 3.28. The molecule has 3 aromatic rings. The van der Waals surface area contributed by atoms with Crippen molar-refractivity contribution >= 4 is 78.3 Å². The van der Waals surface area contributed by atoms with Gasteiger partial charge in [0, 0.05) is 42.0 Å². The first-order valence-corrected chi connectivity index (χ1v) is 13.0. The summed E-state index contributed by atoms with van der Waals surface area (Å²) in [6, 6.07) is 5.24. The summed E-state index contributed by atoms with van der Waals surface area (Å²) in [5.74, 6) is 0.835. The summed E-state index contributed by atoms with van der Waals surface area (Å²) >= 11 is 6.00. The molecule has 2 bridgehead atoms. The molecule has 1 aliphatic carbocycles. The highest BCUT2D eigenvalue weighted by Crippen LogP contribution is 2.48. The van der Waals surface area contributed by atoms with Crippen LogP contribution in [-0.2, 0) is 5.44 Å². The van der Waals surface area contributed by atoms with Crippen molar-refractivity contribution < 1.29 is 9.13 Å². The van der Waals surface area contributed by atoms with E-state index in [-0.39, 0.29) is 40.6 Å². The molecular formula is C23H20B7ClFN7O. The number of fused-ring (bicyclic) bond motifs is 2. The number of benzene rings is 1. The van der Waals surface area contributed by atoms with Crippen LogP contribution in [0.25, 0.3) is 0 Å². The molecule has 8 nitrogen and oxygen atoms in total. The van der Waals surface area contributed by atoms with Crippen molar-refractivity contribution in [3.05, 3.63) is 47.1 Å². The van der Waals surface area contributed by atoms with Gasteiger partial charge < -0.3 is 15.0 Å². The fourth-order valence-corrected chi connectivity index (χ4v) is 5.71. The molecule has 5 rings (SSSR count). The zero-order valence-corrected chi connectivity index (χ0v) is 22.6. The van der Waals surface area contributed by atoms with Crippen LogP contribution in [0.5, 0.6) is 11.8 Å². The van der Waals surface area contributed by atoms with Gasteiger partial charge >= 0.3 is 6.01 Å². The smallest absolute Gasteiger partial charge is 0.321 e. The minimum Gasteiger partial charge on any atom is -0.424 e. The molecular weight excluding hydrogens is 520 g/mol. The summed E-state index contributed by atoms with van der Waals surface area (Å²) in [6.07, 6.45) is 3.55. The molecule has 40 heavy (non-hydrogen) atoms. The maximum atomic E-state index is 14.1. The minimum atomic E-state index is -2.34. The topological polar surface area (TPSA) is 81.0 Å². The summed E-state index contributed by atoms with van der Waals surface area (Å²) in [4.78, 5) is 15.3. The van der Waals surface area contributed by atoms with Gasteiger partial charge in [0.25, 0.3) is 0 Å². The average molecular weight is 541 g/mol. The van der Waals surface area contributed by atoms with E-state index in [1.54, 1.807) is 6.33 Å². The van der Waals surface area contributed by atoms with E-state index in [0.717, 1.165) is 54.3 Å². The molecule has 1 unspecified atom stereocenters. The Hall–Kier alpha value is -2.49. The van der Waals surface area contributed by atoms with Crippen LogP contribution in [0.15, 0.2) is 30.6 Å². The third-order valence-electron chi connectivity index (χ3n) is 7.52. The van der Waals surface area contributed by atoms with Gasteiger partial charge in [0.1, 0.15) is 31.6 Å². The Morgan fingerprint density at radius 2 is 1.62 bits per heavy atom. The summed E-state index contributed by atoms with van der Waals surface area (Å²) < 4.78 is 20.8. The van der Waals surface area contributed by atoms with Crippen molar-refractivity contribution in [3.63, 3.8) is 0 Å². The highest BCUT2D eigenvalue weighted by atomic mass is 35.5. The van der Waals surface area contributed by atoms with E-state index >= 15 is 0 Å². The molecule has 0 amide bonds. The van der Waals surface area contributed by atoms with Crippen LogP contribution in [0.2, 0.25) is 15.2 Å². The van der Waals surface area contributed by atoms with Gasteiger partial charge in [-0.05, 0) is 49.2 Å². The quantitative estimate of drug-likeness (QED) is 0.431. The normalized spacial score (nSPS) is 21.4. The SMILES string of the molecule is [B]C([B])([B])C([B])(n1nc(NC2[C@@H]3CC[C@H]2CN(c2cc(C)ncn2)C3)nc1Oc1cc(F)cc(Cl)c1)C([B])([B])[B]. The zero-order valence-electron chi connectivity index (χ0n) is 21.8. The molecule has 2 fully saturated rings. The second-order valence-electron chi connectivity index (χ2n) is 10.7. The van der Waals surface area contributed by atoms with Crippen LogP contribution in [0, 0.1) is 24.6 Å². The molecule has 2 aromatic heterocycles. The number of nitrogens with one attached hydrogen (secondary N) is 1. The van der Waals surface area contributed by atoms with E-state index in [2.05, 4.69) is 30.3 Å². The fourth-order valence-electron chi connectivity index (χ4n) is 5.50. The van der Waals surface area contributed by atoms with Gasteiger partial charge in [0.2, 0.25) is 5.95 Å². The van der Waals surface area contributed by atoms with Crippen molar-refractivity contribution in [1.29, 1.82) is 0 Å². The van der Waals surface area contributed by atoms with Gasteiger partial charge in [0.05, 0.1) is 47.1 Å². The number of anilines is 2. The average Bonchev–Trinajstić information content (AvgIpc) is 3.31. The molecule has 1 aliphatic heterocycles. The van der Waals surface area contributed by atoms with E-state index in [4.69, 9.17) is 71.3 Å². The van der Waals surface area contributed by atoms with Gasteiger partial charge in [-0.15, -0.1) is 15.3 Å². The van der Waals surface area contributed by atoms with E-state index in [0.29, 0.717) is 0 Å². The van der Waals surface area contributed by atoms with Gasteiger partial charge in [-0.2, -0.15) is 4.98 Å². The number of aromatic nitrogens is 5. The van der Waals surface area contributed by atoms with Crippen LogP contribution < -0.4 is 15.0 Å². The van der Waals surface area contributed by atoms with Crippen molar-refractivity contribution in [2.24, 2.45) is 11.8 Å². The van der Waals surface area contributed by atoms with Crippen molar-refractivity contribution in [3.8, 4) is 11.8 Å². The summed E-state index contributed by atoms with van der Waals surface area (Å²) in [7, 11) is 42.5. The Morgan fingerprint density at radius 3 is 2.20 bits per heavy atom. The monoisotopic (exact) mass is 541 g/mol. The van der Waals surface area contributed by atoms with Crippen LogP contribution in [0.1, 0.15) is 18.5 Å². The Labute approximate surface area is 247 Å². The number of nitrogens with zero attached hydrogens (tertiary/aromatic N) is 6. The lowest BCUT2D eigenvalue weighted by Crippen LogP contribution is -2.57. The Bertz CT molecular complexity index is 1350. The van der Waals surface area contributed by atoms with E-state index in [1.807, 2.05) is 13.0 Å². The first kappa shape index (κ1) is 29.0. The van der Waals surface area contributed by atoms with E-state index in [1.165, 1.54) is 6.07 Å². The minimum absolute atomic E-state index is 0.00967. The number of rotatable bonds is 8. The number of hydrogen-bond donors (Lipinski definition) is 1. The maximum absolute atomic E-state index is 14.1. The largest absolute Gasteiger partial charge is 0.424 e. The predicted molar refractivity (Wildman–Crippen MR) is 158 cm³/mol. The zero-order chi connectivity index (χ0) is 29.0. The lowest BCUT2D eigenvalue weighted by Gasteiger charge is -2.54. The Morgan fingerprint density at radius 1 is 0.975 bits per heavy atom. The van der Waals surface area contributed by atoms with Gasteiger partial charge in [-0.3, -0.25) is 0 Å². The number of hydrogen-bond acceptors (Lipinski definition) is 7. The van der Waals surface area contributed by atoms with E-state index in [9.17, 15) is 4.39 Å². The molecule has 1 saturated carbocycles. The van der Waals surface area contributed by atoms with Crippen LogP contribution in [0.3, 0.4) is 0 Å². The summed E-state index contributed by atoms with van der Waals surface area (Å²) in [6.45, 7) is 3.47. The van der Waals surface area contributed by atoms with Crippen molar-refractivity contribution in [2.45, 2.75) is 41.5 Å². The molecule has 2 aliphatic rings. The fraction of sp³-hybridized carbons (Fsp3) is 0.478. The molecule has 1 saturated heterocycles. The van der Waals surface area contributed by atoms with Gasteiger partial charge in [0.15, 0.2) is 0 Å². The number of piperidine rings is 1. The lowest BCUT2D eigenvalue weighted by atomic mass is 9.18. The molecule has 0 spiro atoms. The van der Waals surface area contributed by atoms with Gasteiger partial charge in [-0.1, -0.05) is 11.6 Å². The second kappa shape index (κ2) is 10.4. The first-order chi connectivity index (χ1) is 18.7. The van der Waals surface area contributed by atoms with Crippen molar-refractivity contribution in [2.75, 3.05) is 23.3 Å². The Balaban J connectivity index is 1.48. The molecule has 3 atom stereocenters.